The number of rotatable bonds is 3. The molecule has 5 nitrogen and oxygen atoms in total. The summed E-state index contributed by atoms with van der Waals surface area (Å²) in [6.07, 6.45) is 1.72. The van der Waals surface area contributed by atoms with E-state index in [1.807, 2.05) is 56.3 Å². The van der Waals surface area contributed by atoms with Crippen molar-refractivity contribution in [3.8, 4) is 11.4 Å². The summed E-state index contributed by atoms with van der Waals surface area (Å²) in [7, 11) is 0. The lowest BCUT2D eigenvalue weighted by Crippen LogP contribution is -2.13. The van der Waals surface area contributed by atoms with Gasteiger partial charge >= 0.3 is 0 Å². The van der Waals surface area contributed by atoms with Crippen molar-refractivity contribution in [3.05, 3.63) is 70.9 Å². The average molecular weight is 360 g/mol. The van der Waals surface area contributed by atoms with Crippen LogP contribution in [0.1, 0.15) is 20.9 Å². The molecule has 4 rings (SSSR count). The smallest absolute Gasteiger partial charge is 0.258 e. The van der Waals surface area contributed by atoms with Crippen LogP contribution in [0.15, 0.2) is 54.7 Å². The first-order valence-corrected chi connectivity index (χ1v) is 9.00. The number of aromatic nitrogens is 3. The standard InChI is InChI=1S/C20H16N4OS/c1-12-13(2)26-20(22-12)24-19(25)15-11-18(17-9-5-6-10-21-17)23-16-8-4-3-7-14(15)16/h3-11H,1-2H3,(H,22,24,25). The number of carbonyl (C=O) groups is 1. The first-order valence-electron chi connectivity index (χ1n) is 8.18. The molecule has 128 valence electrons. The molecule has 0 radical (unpaired) electrons. The highest BCUT2D eigenvalue weighted by Crippen LogP contribution is 2.26. The molecule has 6 heteroatoms. The molecule has 3 aromatic heterocycles. The van der Waals surface area contributed by atoms with Gasteiger partial charge in [-0.3, -0.25) is 15.1 Å². The van der Waals surface area contributed by atoms with Crippen LogP contribution in [0.2, 0.25) is 0 Å². The van der Waals surface area contributed by atoms with Gasteiger partial charge in [0.2, 0.25) is 0 Å². The number of amides is 1. The Labute approximate surface area is 154 Å². The lowest BCUT2D eigenvalue weighted by Gasteiger charge is -2.09. The summed E-state index contributed by atoms with van der Waals surface area (Å²) in [6.45, 7) is 3.92. The third-order valence-corrected chi connectivity index (χ3v) is 5.13. The van der Waals surface area contributed by atoms with Gasteiger partial charge in [0.1, 0.15) is 0 Å². The topological polar surface area (TPSA) is 67.8 Å². The third-order valence-electron chi connectivity index (χ3n) is 4.14. The Hall–Kier alpha value is -3.12. The first kappa shape index (κ1) is 16.4. The summed E-state index contributed by atoms with van der Waals surface area (Å²) in [5.74, 6) is -0.200. The Kier molecular flexibility index (Phi) is 4.18. The number of aryl methyl sites for hydroxylation is 2. The lowest BCUT2D eigenvalue weighted by molar-refractivity contribution is 0.102. The number of fused-ring (bicyclic) bond motifs is 1. The predicted molar refractivity (Wildman–Crippen MR) is 105 cm³/mol. The van der Waals surface area contributed by atoms with E-state index in [1.165, 1.54) is 11.3 Å². The minimum absolute atomic E-state index is 0.200. The van der Waals surface area contributed by atoms with Gasteiger partial charge in [0.05, 0.1) is 28.2 Å². The molecule has 0 saturated carbocycles. The number of nitrogens with zero attached hydrogens (tertiary/aromatic N) is 3. The van der Waals surface area contributed by atoms with Gasteiger partial charge in [-0.15, -0.1) is 11.3 Å². The Balaban J connectivity index is 1.81. The van der Waals surface area contributed by atoms with E-state index >= 15 is 0 Å². The van der Waals surface area contributed by atoms with E-state index in [0.29, 0.717) is 16.4 Å². The van der Waals surface area contributed by atoms with Crippen LogP contribution in [0.3, 0.4) is 0 Å². The molecule has 1 N–H and O–H groups in total. The zero-order valence-corrected chi connectivity index (χ0v) is 15.2. The number of hydrogen-bond donors (Lipinski definition) is 1. The van der Waals surface area contributed by atoms with Crippen molar-refractivity contribution in [1.29, 1.82) is 0 Å². The monoisotopic (exact) mass is 360 g/mol. The van der Waals surface area contributed by atoms with E-state index in [1.54, 1.807) is 12.3 Å². The normalized spacial score (nSPS) is 10.8. The van der Waals surface area contributed by atoms with Gasteiger partial charge in [-0.2, -0.15) is 0 Å². The molecule has 0 aliphatic rings. The molecule has 1 aromatic carbocycles. The van der Waals surface area contributed by atoms with Crippen molar-refractivity contribution >= 4 is 33.3 Å². The minimum atomic E-state index is -0.200. The van der Waals surface area contributed by atoms with E-state index < -0.39 is 0 Å². The average Bonchev–Trinajstić information content (AvgIpc) is 2.98. The van der Waals surface area contributed by atoms with Gasteiger partial charge in [0.15, 0.2) is 5.13 Å². The summed E-state index contributed by atoms with van der Waals surface area (Å²) in [4.78, 5) is 27.4. The van der Waals surface area contributed by atoms with Crippen LogP contribution in [-0.4, -0.2) is 20.9 Å². The molecule has 26 heavy (non-hydrogen) atoms. The van der Waals surface area contributed by atoms with E-state index in [2.05, 4.69) is 20.3 Å². The molecular formula is C20H16N4OS. The van der Waals surface area contributed by atoms with Crippen LogP contribution in [0.5, 0.6) is 0 Å². The number of benzene rings is 1. The number of carbonyl (C=O) groups excluding carboxylic acids is 1. The van der Waals surface area contributed by atoms with E-state index in [4.69, 9.17) is 0 Å². The second kappa shape index (κ2) is 6.65. The molecule has 1 amide bonds. The highest BCUT2D eigenvalue weighted by Gasteiger charge is 2.16. The van der Waals surface area contributed by atoms with Crippen LogP contribution >= 0.6 is 11.3 Å². The molecule has 0 unspecified atom stereocenters. The van der Waals surface area contributed by atoms with Crippen molar-refractivity contribution in [1.82, 2.24) is 15.0 Å². The highest BCUT2D eigenvalue weighted by atomic mass is 32.1. The van der Waals surface area contributed by atoms with Crippen molar-refractivity contribution in [2.24, 2.45) is 0 Å². The number of anilines is 1. The number of pyridine rings is 2. The van der Waals surface area contributed by atoms with Gasteiger partial charge in [0, 0.05) is 16.5 Å². The van der Waals surface area contributed by atoms with Gasteiger partial charge < -0.3 is 0 Å². The Morgan fingerprint density at radius 2 is 1.81 bits per heavy atom. The fraction of sp³-hybridized carbons (Fsp3) is 0.100. The molecule has 3 heterocycles. The van der Waals surface area contributed by atoms with Crippen molar-refractivity contribution < 1.29 is 4.79 Å². The fourth-order valence-corrected chi connectivity index (χ4v) is 3.51. The second-order valence-corrected chi connectivity index (χ2v) is 7.11. The zero-order valence-electron chi connectivity index (χ0n) is 14.4. The second-order valence-electron chi connectivity index (χ2n) is 5.90. The summed E-state index contributed by atoms with van der Waals surface area (Å²) in [5, 5.41) is 4.31. The molecule has 4 aromatic rings. The van der Waals surface area contributed by atoms with Crippen LogP contribution in [0.4, 0.5) is 5.13 Å². The van der Waals surface area contributed by atoms with Gasteiger partial charge in [-0.25, -0.2) is 9.97 Å². The van der Waals surface area contributed by atoms with Crippen LogP contribution in [-0.2, 0) is 0 Å². The van der Waals surface area contributed by atoms with Crippen molar-refractivity contribution in [2.75, 3.05) is 5.32 Å². The Morgan fingerprint density at radius 1 is 1.00 bits per heavy atom. The number of hydrogen-bond acceptors (Lipinski definition) is 5. The maximum absolute atomic E-state index is 12.9. The molecule has 0 spiro atoms. The SMILES string of the molecule is Cc1nc(NC(=O)c2cc(-c3ccccn3)nc3ccccc23)sc1C. The van der Waals surface area contributed by atoms with Crippen molar-refractivity contribution in [2.45, 2.75) is 13.8 Å². The molecule has 0 aliphatic heterocycles. The van der Waals surface area contributed by atoms with Crippen LogP contribution in [0.25, 0.3) is 22.3 Å². The quantitative estimate of drug-likeness (QED) is 0.579. The fourth-order valence-electron chi connectivity index (χ4n) is 2.70. The maximum Gasteiger partial charge on any atom is 0.258 e. The third kappa shape index (κ3) is 3.07. The molecule has 0 aliphatic carbocycles. The largest absolute Gasteiger partial charge is 0.298 e. The Bertz CT molecular complexity index is 1090. The van der Waals surface area contributed by atoms with Crippen LogP contribution in [0, 0.1) is 13.8 Å². The predicted octanol–water partition coefficient (Wildman–Crippen LogP) is 4.62. The van der Waals surface area contributed by atoms with Gasteiger partial charge in [0.25, 0.3) is 5.91 Å². The number of nitrogens with one attached hydrogen (secondary N) is 1. The first-order chi connectivity index (χ1) is 12.6. The summed E-state index contributed by atoms with van der Waals surface area (Å²) < 4.78 is 0. The molecule has 0 bridgehead atoms. The van der Waals surface area contributed by atoms with E-state index in [0.717, 1.165) is 27.2 Å². The van der Waals surface area contributed by atoms with E-state index in [9.17, 15) is 4.79 Å². The van der Waals surface area contributed by atoms with Gasteiger partial charge in [-0.05, 0) is 38.1 Å². The molecule has 0 saturated heterocycles. The summed E-state index contributed by atoms with van der Waals surface area (Å²) in [5.41, 5.74) is 3.64. The van der Waals surface area contributed by atoms with Gasteiger partial charge in [-0.1, -0.05) is 24.3 Å². The minimum Gasteiger partial charge on any atom is -0.298 e. The molecule has 0 fully saturated rings. The maximum atomic E-state index is 12.9. The zero-order chi connectivity index (χ0) is 18.1. The lowest BCUT2D eigenvalue weighted by atomic mass is 10.1. The van der Waals surface area contributed by atoms with E-state index in [-0.39, 0.29) is 5.91 Å². The highest BCUT2D eigenvalue weighted by molar-refractivity contribution is 7.15. The van der Waals surface area contributed by atoms with Crippen molar-refractivity contribution in [3.63, 3.8) is 0 Å². The van der Waals surface area contributed by atoms with Crippen LogP contribution < -0.4 is 5.32 Å². The Morgan fingerprint density at radius 3 is 2.54 bits per heavy atom. The summed E-state index contributed by atoms with van der Waals surface area (Å²) in [6, 6.07) is 15.0. The summed E-state index contributed by atoms with van der Waals surface area (Å²) >= 11 is 1.47. The number of thiazole rings is 1. The molecular weight excluding hydrogens is 344 g/mol. The number of para-hydroxylation sites is 1. The molecule has 0 atom stereocenters.